The van der Waals surface area contributed by atoms with E-state index in [9.17, 15) is 4.79 Å². The Labute approximate surface area is 132 Å². The van der Waals surface area contributed by atoms with Crippen molar-refractivity contribution in [3.8, 4) is 0 Å². The van der Waals surface area contributed by atoms with Crippen LogP contribution in [0, 0.1) is 5.92 Å². The molecule has 0 spiro atoms. The summed E-state index contributed by atoms with van der Waals surface area (Å²) in [6, 6.07) is 8.39. The Morgan fingerprint density at radius 3 is 2.86 bits per heavy atom. The van der Waals surface area contributed by atoms with Crippen molar-refractivity contribution >= 4 is 17.5 Å². The number of hydrogen-bond acceptors (Lipinski definition) is 2. The van der Waals surface area contributed by atoms with Gasteiger partial charge >= 0.3 is 0 Å². The third-order valence-electron chi connectivity index (χ3n) is 4.12. The van der Waals surface area contributed by atoms with Crippen LogP contribution in [0.5, 0.6) is 0 Å². The smallest absolute Gasteiger partial charge is 0.226 e. The molecule has 2 rings (SSSR count). The molecule has 1 aliphatic heterocycles. The van der Waals surface area contributed by atoms with E-state index in [1.165, 1.54) is 0 Å². The van der Waals surface area contributed by atoms with Crippen LogP contribution in [0.3, 0.4) is 0 Å². The van der Waals surface area contributed by atoms with Crippen LogP contribution < -0.4 is 5.32 Å². The van der Waals surface area contributed by atoms with Crippen molar-refractivity contribution in [2.45, 2.75) is 52.2 Å². The Morgan fingerprint density at radius 2 is 2.24 bits per heavy atom. The molecule has 1 aliphatic rings. The minimum absolute atomic E-state index is 0.142. The van der Waals surface area contributed by atoms with Crippen LogP contribution in [-0.2, 0) is 11.3 Å². The zero-order valence-electron chi connectivity index (χ0n) is 13.1. The van der Waals surface area contributed by atoms with Gasteiger partial charge in [-0.1, -0.05) is 23.7 Å². The van der Waals surface area contributed by atoms with E-state index in [-0.39, 0.29) is 17.9 Å². The molecule has 1 aromatic carbocycles. The molecule has 0 saturated carbocycles. The molecule has 1 aromatic rings. The molecule has 21 heavy (non-hydrogen) atoms. The summed E-state index contributed by atoms with van der Waals surface area (Å²) in [5.74, 6) is 0.418. The predicted octanol–water partition coefficient (Wildman–Crippen LogP) is 3.47. The van der Waals surface area contributed by atoms with E-state index in [2.05, 4.69) is 26.1 Å². The Hall–Kier alpha value is -1.06. The lowest BCUT2D eigenvalue weighted by Crippen LogP contribution is -2.46. The summed E-state index contributed by atoms with van der Waals surface area (Å²) in [7, 11) is 0. The van der Waals surface area contributed by atoms with Gasteiger partial charge in [-0.15, -0.1) is 0 Å². The average Bonchev–Trinajstić information content (AvgIpc) is 2.44. The normalized spacial score (nSPS) is 22.3. The Morgan fingerprint density at radius 1 is 1.48 bits per heavy atom. The highest BCUT2D eigenvalue weighted by molar-refractivity contribution is 6.30. The molecule has 0 aliphatic carbocycles. The number of nitrogens with one attached hydrogen (secondary N) is 1. The van der Waals surface area contributed by atoms with Gasteiger partial charge in [-0.2, -0.15) is 0 Å². The van der Waals surface area contributed by atoms with Crippen LogP contribution in [0.15, 0.2) is 24.3 Å². The van der Waals surface area contributed by atoms with Gasteiger partial charge in [0.2, 0.25) is 5.91 Å². The zero-order valence-corrected chi connectivity index (χ0v) is 13.9. The number of rotatable bonds is 4. The highest BCUT2D eigenvalue weighted by Crippen LogP contribution is 2.22. The summed E-state index contributed by atoms with van der Waals surface area (Å²) in [5.41, 5.74) is 1.09. The minimum Gasteiger partial charge on any atom is -0.336 e. The maximum absolute atomic E-state index is 12.8. The van der Waals surface area contributed by atoms with Gasteiger partial charge in [-0.05, 0) is 57.9 Å². The summed E-state index contributed by atoms with van der Waals surface area (Å²) in [4.78, 5) is 14.8. The highest BCUT2D eigenvalue weighted by Gasteiger charge is 2.29. The highest BCUT2D eigenvalue weighted by atomic mass is 35.5. The number of amides is 1. The summed E-state index contributed by atoms with van der Waals surface area (Å²) < 4.78 is 0. The van der Waals surface area contributed by atoms with Crippen LogP contribution >= 0.6 is 11.6 Å². The van der Waals surface area contributed by atoms with E-state index in [1.807, 2.05) is 29.2 Å². The number of halogens is 1. The second-order valence-corrected chi connectivity index (χ2v) is 6.70. The van der Waals surface area contributed by atoms with Gasteiger partial charge in [-0.3, -0.25) is 4.79 Å². The first-order chi connectivity index (χ1) is 9.97. The average molecular weight is 309 g/mol. The zero-order chi connectivity index (χ0) is 15.4. The third-order valence-corrected chi connectivity index (χ3v) is 4.36. The van der Waals surface area contributed by atoms with E-state index in [0.717, 1.165) is 30.0 Å². The number of carbonyl (C=O) groups is 1. The van der Waals surface area contributed by atoms with Gasteiger partial charge in [0.1, 0.15) is 0 Å². The molecule has 0 unspecified atom stereocenters. The largest absolute Gasteiger partial charge is 0.336 e. The van der Waals surface area contributed by atoms with Crippen LogP contribution in [0.4, 0.5) is 0 Å². The fraction of sp³-hybridized carbons (Fsp3) is 0.588. The van der Waals surface area contributed by atoms with Gasteiger partial charge in [-0.25, -0.2) is 0 Å². The molecule has 1 heterocycles. The SMILES string of the molecule is CC(C)N(Cc1cccc(Cl)c1)C(=O)[C@H]1CCN[C@@H](C)C1. The van der Waals surface area contributed by atoms with Crippen molar-refractivity contribution in [1.82, 2.24) is 10.2 Å². The monoisotopic (exact) mass is 308 g/mol. The standard InChI is InChI=1S/C17H25ClN2O/c1-12(2)20(11-14-5-4-6-16(18)10-14)17(21)15-7-8-19-13(3)9-15/h4-6,10,12-13,15,19H,7-9,11H2,1-3H3/t13-,15-/m0/s1. The van der Waals surface area contributed by atoms with Crippen molar-refractivity contribution in [3.63, 3.8) is 0 Å². The number of piperidine rings is 1. The molecule has 116 valence electrons. The summed E-state index contributed by atoms with van der Waals surface area (Å²) in [6.07, 6.45) is 1.86. The van der Waals surface area contributed by atoms with Crippen LogP contribution in [0.25, 0.3) is 0 Å². The fourth-order valence-corrected chi connectivity index (χ4v) is 3.15. The molecular weight excluding hydrogens is 284 g/mol. The Balaban J connectivity index is 2.09. The molecule has 2 atom stereocenters. The van der Waals surface area contributed by atoms with Crippen LogP contribution in [0.2, 0.25) is 5.02 Å². The Kier molecular flexibility index (Phi) is 5.65. The molecule has 1 N–H and O–H groups in total. The van der Waals surface area contributed by atoms with E-state index in [0.29, 0.717) is 12.6 Å². The second-order valence-electron chi connectivity index (χ2n) is 6.27. The first-order valence-corrected chi connectivity index (χ1v) is 8.13. The Bertz CT molecular complexity index is 489. The third kappa shape index (κ3) is 4.45. The molecule has 1 amide bonds. The fourth-order valence-electron chi connectivity index (χ4n) is 2.94. The topological polar surface area (TPSA) is 32.3 Å². The molecule has 4 heteroatoms. The van der Waals surface area contributed by atoms with Gasteiger partial charge < -0.3 is 10.2 Å². The number of hydrogen-bond donors (Lipinski definition) is 1. The van der Waals surface area contributed by atoms with Crippen molar-refractivity contribution in [3.05, 3.63) is 34.9 Å². The molecule has 1 fully saturated rings. The van der Waals surface area contributed by atoms with E-state index in [4.69, 9.17) is 11.6 Å². The lowest BCUT2D eigenvalue weighted by atomic mass is 9.91. The van der Waals surface area contributed by atoms with Crippen LogP contribution in [0.1, 0.15) is 39.2 Å². The van der Waals surface area contributed by atoms with Crippen molar-refractivity contribution in [2.24, 2.45) is 5.92 Å². The van der Waals surface area contributed by atoms with E-state index >= 15 is 0 Å². The second kappa shape index (κ2) is 7.28. The minimum atomic E-state index is 0.142. The summed E-state index contributed by atoms with van der Waals surface area (Å²) in [5, 5.41) is 4.13. The molecule has 0 aromatic heterocycles. The van der Waals surface area contributed by atoms with Crippen molar-refractivity contribution in [2.75, 3.05) is 6.54 Å². The molecule has 1 saturated heterocycles. The molecule has 0 radical (unpaired) electrons. The quantitative estimate of drug-likeness (QED) is 0.924. The lowest BCUT2D eigenvalue weighted by Gasteiger charge is -2.34. The maximum atomic E-state index is 12.8. The summed E-state index contributed by atoms with van der Waals surface area (Å²) in [6.45, 7) is 7.87. The summed E-state index contributed by atoms with van der Waals surface area (Å²) >= 11 is 6.04. The maximum Gasteiger partial charge on any atom is 0.226 e. The van der Waals surface area contributed by atoms with Gasteiger partial charge in [0.05, 0.1) is 0 Å². The van der Waals surface area contributed by atoms with Crippen molar-refractivity contribution < 1.29 is 4.79 Å². The predicted molar refractivity (Wildman–Crippen MR) is 87.3 cm³/mol. The first-order valence-electron chi connectivity index (χ1n) is 7.75. The first kappa shape index (κ1) is 16.3. The number of benzene rings is 1. The lowest BCUT2D eigenvalue weighted by molar-refractivity contribution is -0.139. The van der Waals surface area contributed by atoms with Gasteiger partial charge in [0.15, 0.2) is 0 Å². The van der Waals surface area contributed by atoms with E-state index in [1.54, 1.807) is 0 Å². The number of carbonyl (C=O) groups excluding carboxylic acids is 1. The molecular formula is C17H25ClN2O. The molecule has 0 bridgehead atoms. The molecule has 3 nitrogen and oxygen atoms in total. The van der Waals surface area contributed by atoms with Gasteiger partial charge in [0, 0.05) is 29.6 Å². The van der Waals surface area contributed by atoms with Crippen molar-refractivity contribution in [1.29, 1.82) is 0 Å². The van der Waals surface area contributed by atoms with E-state index < -0.39 is 0 Å². The number of nitrogens with zero attached hydrogens (tertiary/aromatic N) is 1. The van der Waals surface area contributed by atoms with Gasteiger partial charge in [0.25, 0.3) is 0 Å². The van der Waals surface area contributed by atoms with Crippen LogP contribution in [-0.4, -0.2) is 29.4 Å².